The first-order valence-electron chi connectivity index (χ1n) is 7.23. The molecule has 1 saturated heterocycles. The summed E-state index contributed by atoms with van der Waals surface area (Å²) >= 11 is 0. The Morgan fingerprint density at radius 1 is 1.42 bits per heavy atom. The molecule has 3 atom stereocenters. The molecular weight excluding hydrogens is 232 g/mol. The molecule has 2 nitrogen and oxygen atoms in total. The van der Waals surface area contributed by atoms with Gasteiger partial charge >= 0.3 is 0 Å². The lowest BCUT2D eigenvalue weighted by Gasteiger charge is -2.43. The highest BCUT2D eigenvalue weighted by Gasteiger charge is 2.30. The van der Waals surface area contributed by atoms with E-state index in [9.17, 15) is 0 Å². The fraction of sp³-hybridized carbons (Fsp3) is 0.529. The van der Waals surface area contributed by atoms with Gasteiger partial charge in [-0.05, 0) is 18.9 Å². The SMILES string of the molecule is C#CCC(C)N1CC(CC)NCC1c1ccccc1. The third-order valence-corrected chi connectivity index (χ3v) is 4.09. The van der Waals surface area contributed by atoms with Crippen LogP contribution in [-0.4, -0.2) is 30.1 Å². The van der Waals surface area contributed by atoms with Crippen LogP contribution in [0.15, 0.2) is 30.3 Å². The molecule has 1 aliphatic heterocycles. The normalized spacial score (nSPS) is 25.7. The lowest BCUT2D eigenvalue weighted by molar-refractivity contribution is 0.0894. The van der Waals surface area contributed by atoms with E-state index in [1.807, 2.05) is 0 Å². The van der Waals surface area contributed by atoms with Gasteiger partial charge in [-0.2, -0.15) is 0 Å². The summed E-state index contributed by atoms with van der Waals surface area (Å²) in [5.41, 5.74) is 1.38. The summed E-state index contributed by atoms with van der Waals surface area (Å²) in [6.45, 7) is 6.58. The molecule has 0 aliphatic carbocycles. The summed E-state index contributed by atoms with van der Waals surface area (Å²) in [7, 11) is 0. The zero-order valence-corrected chi connectivity index (χ0v) is 12.0. The molecule has 2 heteroatoms. The lowest BCUT2D eigenvalue weighted by Crippen LogP contribution is -2.54. The van der Waals surface area contributed by atoms with Crippen LogP contribution in [0.1, 0.15) is 38.3 Å². The second-order valence-electron chi connectivity index (χ2n) is 5.39. The molecule has 0 spiro atoms. The number of nitrogens with one attached hydrogen (secondary N) is 1. The predicted octanol–water partition coefficient (Wildman–Crippen LogP) is 2.82. The molecule has 102 valence electrons. The third kappa shape index (κ3) is 3.37. The van der Waals surface area contributed by atoms with Crippen molar-refractivity contribution in [3.63, 3.8) is 0 Å². The minimum atomic E-state index is 0.436. The van der Waals surface area contributed by atoms with Gasteiger partial charge in [0, 0.05) is 37.6 Å². The molecule has 0 bridgehead atoms. The van der Waals surface area contributed by atoms with E-state index in [2.05, 4.69) is 60.3 Å². The third-order valence-electron chi connectivity index (χ3n) is 4.09. The van der Waals surface area contributed by atoms with Crippen LogP contribution in [0.25, 0.3) is 0 Å². The minimum Gasteiger partial charge on any atom is -0.311 e. The van der Waals surface area contributed by atoms with Gasteiger partial charge in [0.15, 0.2) is 0 Å². The number of hydrogen-bond donors (Lipinski definition) is 1. The Labute approximate surface area is 117 Å². The molecule has 0 radical (unpaired) electrons. The quantitative estimate of drug-likeness (QED) is 0.833. The van der Waals surface area contributed by atoms with Crippen LogP contribution in [0.4, 0.5) is 0 Å². The van der Waals surface area contributed by atoms with E-state index in [0.717, 1.165) is 19.5 Å². The summed E-state index contributed by atoms with van der Waals surface area (Å²) in [6, 6.07) is 12.2. The Hall–Kier alpha value is -1.30. The van der Waals surface area contributed by atoms with E-state index in [-0.39, 0.29) is 0 Å². The molecule has 1 aromatic rings. The second kappa shape index (κ2) is 6.75. The summed E-state index contributed by atoms with van der Waals surface area (Å²) in [5.74, 6) is 2.81. The van der Waals surface area contributed by atoms with E-state index in [0.29, 0.717) is 18.1 Å². The van der Waals surface area contributed by atoms with Crippen molar-refractivity contribution in [2.75, 3.05) is 13.1 Å². The summed E-state index contributed by atoms with van der Waals surface area (Å²) in [4.78, 5) is 2.57. The van der Waals surface area contributed by atoms with Crippen molar-refractivity contribution in [3.05, 3.63) is 35.9 Å². The van der Waals surface area contributed by atoms with Crippen molar-refractivity contribution < 1.29 is 0 Å². The van der Waals surface area contributed by atoms with Gasteiger partial charge in [-0.3, -0.25) is 4.90 Å². The lowest BCUT2D eigenvalue weighted by atomic mass is 9.97. The molecule has 1 heterocycles. The maximum absolute atomic E-state index is 5.50. The highest BCUT2D eigenvalue weighted by Crippen LogP contribution is 2.27. The molecule has 19 heavy (non-hydrogen) atoms. The van der Waals surface area contributed by atoms with Crippen molar-refractivity contribution in [1.29, 1.82) is 0 Å². The van der Waals surface area contributed by atoms with Crippen molar-refractivity contribution >= 4 is 0 Å². The van der Waals surface area contributed by atoms with E-state index in [4.69, 9.17) is 6.42 Å². The Morgan fingerprint density at radius 3 is 2.79 bits per heavy atom. The largest absolute Gasteiger partial charge is 0.311 e. The highest BCUT2D eigenvalue weighted by atomic mass is 15.3. The summed E-state index contributed by atoms with van der Waals surface area (Å²) in [6.07, 6.45) is 7.48. The van der Waals surface area contributed by atoms with Crippen molar-refractivity contribution in [1.82, 2.24) is 10.2 Å². The molecule has 1 aliphatic rings. The first kappa shape index (κ1) is 14.1. The minimum absolute atomic E-state index is 0.436. The maximum Gasteiger partial charge on any atom is 0.0476 e. The Bertz CT molecular complexity index is 421. The maximum atomic E-state index is 5.50. The number of benzene rings is 1. The molecule has 1 aromatic carbocycles. The van der Waals surface area contributed by atoms with Crippen LogP contribution in [-0.2, 0) is 0 Å². The average molecular weight is 256 g/mol. The zero-order valence-electron chi connectivity index (χ0n) is 12.0. The van der Waals surface area contributed by atoms with Crippen LogP contribution >= 0.6 is 0 Å². The highest BCUT2D eigenvalue weighted by molar-refractivity contribution is 5.20. The summed E-state index contributed by atoms with van der Waals surface area (Å²) < 4.78 is 0. The fourth-order valence-corrected chi connectivity index (χ4v) is 2.87. The fourth-order valence-electron chi connectivity index (χ4n) is 2.87. The number of hydrogen-bond acceptors (Lipinski definition) is 2. The number of piperazine rings is 1. The molecule has 0 aromatic heterocycles. The topological polar surface area (TPSA) is 15.3 Å². The van der Waals surface area contributed by atoms with Crippen molar-refractivity contribution in [2.45, 2.75) is 44.8 Å². The monoisotopic (exact) mass is 256 g/mol. The Balaban J connectivity index is 2.18. The van der Waals surface area contributed by atoms with Crippen molar-refractivity contribution in [2.24, 2.45) is 0 Å². The van der Waals surface area contributed by atoms with E-state index < -0.39 is 0 Å². The number of terminal acetylenes is 1. The number of rotatable bonds is 4. The van der Waals surface area contributed by atoms with E-state index >= 15 is 0 Å². The van der Waals surface area contributed by atoms with E-state index in [1.165, 1.54) is 12.0 Å². The van der Waals surface area contributed by atoms with Crippen LogP contribution in [0, 0.1) is 12.3 Å². The van der Waals surface area contributed by atoms with Gasteiger partial charge in [0.2, 0.25) is 0 Å². The van der Waals surface area contributed by atoms with Gasteiger partial charge in [-0.1, -0.05) is 37.3 Å². The zero-order chi connectivity index (χ0) is 13.7. The molecule has 1 N–H and O–H groups in total. The predicted molar refractivity (Wildman–Crippen MR) is 80.9 cm³/mol. The van der Waals surface area contributed by atoms with Gasteiger partial charge in [0.05, 0.1) is 0 Å². The second-order valence-corrected chi connectivity index (χ2v) is 5.39. The first-order chi connectivity index (χ1) is 9.26. The van der Waals surface area contributed by atoms with Gasteiger partial charge in [-0.25, -0.2) is 0 Å². The Kier molecular flexibility index (Phi) is 5.01. The molecular formula is C17H24N2. The molecule has 2 rings (SSSR count). The first-order valence-corrected chi connectivity index (χ1v) is 7.23. The van der Waals surface area contributed by atoms with Gasteiger partial charge < -0.3 is 5.32 Å². The Morgan fingerprint density at radius 2 is 2.16 bits per heavy atom. The van der Waals surface area contributed by atoms with Crippen LogP contribution in [0.3, 0.4) is 0 Å². The van der Waals surface area contributed by atoms with Crippen LogP contribution in [0.2, 0.25) is 0 Å². The van der Waals surface area contributed by atoms with Crippen molar-refractivity contribution in [3.8, 4) is 12.3 Å². The molecule has 3 unspecified atom stereocenters. The molecule has 1 fully saturated rings. The van der Waals surface area contributed by atoms with Gasteiger partial charge in [0.1, 0.15) is 0 Å². The molecule has 0 saturated carbocycles. The van der Waals surface area contributed by atoms with Crippen LogP contribution in [0.5, 0.6) is 0 Å². The number of nitrogens with zero attached hydrogens (tertiary/aromatic N) is 1. The van der Waals surface area contributed by atoms with Gasteiger partial charge in [0.25, 0.3) is 0 Å². The standard InChI is InChI=1S/C17H24N2/c1-4-9-14(3)19-13-16(5-2)18-12-17(19)15-10-7-6-8-11-15/h1,6-8,10-11,14,16-18H,5,9,12-13H2,2-3H3. The summed E-state index contributed by atoms with van der Waals surface area (Å²) in [5, 5.41) is 3.65. The van der Waals surface area contributed by atoms with Crippen LogP contribution < -0.4 is 5.32 Å². The van der Waals surface area contributed by atoms with E-state index in [1.54, 1.807) is 0 Å². The van der Waals surface area contributed by atoms with Gasteiger partial charge in [-0.15, -0.1) is 12.3 Å². The average Bonchev–Trinajstić information content (AvgIpc) is 2.47. The smallest absolute Gasteiger partial charge is 0.0476 e. The molecule has 0 amide bonds.